The molecular formula is C11H15FN4. The number of nitrogens with one attached hydrogen (secondary N) is 1. The van der Waals surface area contributed by atoms with Crippen molar-refractivity contribution in [2.24, 2.45) is 5.73 Å². The summed E-state index contributed by atoms with van der Waals surface area (Å²) in [4.78, 5) is 6.16. The van der Waals surface area contributed by atoms with E-state index in [2.05, 4.69) is 9.88 Å². The Morgan fingerprint density at radius 1 is 1.56 bits per heavy atom. The fraction of sp³-hybridized carbons (Fsp3) is 0.455. The maximum absolute atomic E-state index is 12.7. The van der Waals surface area contributed by atoms with Crippen molar-refractivity contribution in [1.82, 2.24) is 4.98 Å². The van der Waals surface area contributed by atoms with Crippen molar-refractivity contribution < 1.29 is 4.39 Å². The second kappa shape index (κ2) is 4.47. The summed E-state index contributed by atoms with van der Waals surface area (Å²) in [6.45, 7) is 0.679. The van der Waals surface area contributed by atoms with Gasteiger partial charge in [-0.15, -0.1) is 0 Å². The van der Waals surface area contributed by atoms with Gasteiger partial charge in [0.05, 0.1) is 12.0 Å². The SMILES string of the molecule is N=C(N)CCN(c1ccc(F)cn1)C1CC1. The Labute approximate surface area is 93.8 Å². The van der Waals surface area contributed by atoms with Crippen LogP contribution in [0.2, 0.25) is 0 Å². The number of amidine groups is 1. The van der Waals surface area contributed by atoms with Crippen LogP contribution in [0.3, 0.4) is 0 Å². The summed E-state index contributed by atoms with van der Waals surface area (Å²) in [6.07, 6.45) is 4.02. The van der Waals surface area contributed by atoms with E-state index in [1.807, 2.05) is 0 Å². The van der Waals surface area contributed by atoms with Gasteiger partial charge in [0.25, 0.3) is 0 Å². The van der Waals surface area contributed by atoms with E-state index in [-0.39, 0.29) is 11.7 Å². The molecule has 0 radical (unpaired) electrons. The van der Waals surface area contributed by atoms with E-state index >= 15 is 0 Å². The van der Waals surface area contributed by atoms with Crippen LogP contribution >= 0.6 is 0 Å². The molecule has 1 aliphatic rings. The van der Waals surface area contributed by atoms with Crippen LogP contribution in [-0.2, 0) is 0 Å². The average Bonchev–Trinajstić information content (AvgIpc) is 3.04. The molecule has 4 nitrogen and oxygen atoms in total. The minimum Gasteiger partial charge on any atom is -0.388 e. The Kier molecular flexibility index (Phi) is 3.03. The lowest BCUT2D eigenvalue weighted by atomic mass is 10.3. The molecule has 0 bridgehead atoms. The first kappa shape index (κ1) is 10.9. The van der Waals surface area contributed by atoms with Gasteiger partial charge >= 0.3 is 0 Å². The number of hydrogen-bond donors (Lipinski definition) is 2. The summed E-state index contributed by atoms with van der Waals surface area (Å²) in [5, 5.41) is 7.22. The number of anilines is 1. The zero-order valence-electron chi connectivity index (χ0n) is 8.99. The summed E-state index contributed by atoms with van der Waals surface area (Å²) in [5.41, 5.74) is 5.34. The third-order valence-corrected chi connectivity index (χ3v) is 2.62. The van der Waals surface area contributed by atoms with Gasteiger partial charge in [-0.2, -0.15) is 0 Å². The summed E-state index contributed by atoms with van der Waals surface area (Å²) in [7, 11) is 0. The predicted molar refractivity (Wildman–Crippen MR) is 61.1 cm³/mol. The van der Waals surface area contributed by atoms with Crippen LogP contribution in [0.15, 0.2) is 18.3 Å². The number of nitrogens with zero attached hydrogens (tertiary/aromatic N) is 2. The third kappa shape index (κ3) is 2.68. The van der Waals surface area contributed by atoms with E-state index in [1.54, 1.807) is 6.07 Å². The quantitative estimate of drug-likeness (QED) is 0.586. The van der Waals surface area contributed by atoms with Crippen molar-refractivity contribution in [3.63, 3.8) is 0 Å². The van der Waals surface area contributed by atoms with E-state index in [4.69, 9.17) is 11.1 Å². The van der Waals surface area contributed by atoms with E-state index in [0.29, 0.717) is 19.0 Å². The predicted octanol–water partition coefficient (Wildman–Crippen LogP) is 1.52. The topological polar surface area (TPSA) is 66.0 Å². The highest BCUT2D eigenvalue weighted by Gasteiger charge is 2.29. The first-order valence-corrected chi connectivity index (χ1v) is 5.38. The molecule has 0 unspecified atom stereocenters. The van der Waals surface area contributed by atoms with Crippen LogP contribution in [0.1, 0.15) is 19.3 Å². The van der Waals surface area contributed by atoms with Crippen molar-refractivity contribution in [3.05, 3.63) is 24.1 Å². The molecule has 1 aliphatic carbocycles. The highest BCUT2D eigenvalue weighted by molar-refractivity contribution is 5.77. The van der Waals surface area contributed by atoms with Crippen molar-refractivity contribution in [2.45, 2.75) is 25.3 Å². The molecule has 1 fully saturated rings. The Balaban J connectivity index is 2.06. The first-order chi connectivity index (χ1) is 7.66. The van der Waals surface area contributed by atoms with Gasteiger partial charge in [0.1, 0.15) is 11.6 Å². The largest absolute Gasteiger partial charge is 0.388 e. The second-order valence-electron chi connectivity index (χ2n) is 4.03. The highest BCUT2D eigenvalue weighted by Crippen LogP contribution is 2.30. The van der Waals surface area contributed by atoms with E-state index in [1.165, 1.54) is 12.3 Å². The molecule has 0 aliphatic heterocycles. The molecule has 2 rings (SSSR count). The van der Waals surface area contributed by atoms with Crippen LogP contribution in [0, 0.1) is 11.2 Å². The summed E-state index contributed by atoms with van der Waals surface area (Å²) in [5.74, 6) is 0.615. The van der Waals surface area contributed by atoms with Crippen molar-refractivity contribution >= 4 is 11.7 Å². The Morgan fingerprint density at radius 2 is 2.31 bits per heavy atom. The molecule has 16 heavy (non-hydrogen) atoms. The standard InChI is InChI=1S/C11H15FN4/c12-8-1-4-11(15-7-8)16(9-2-3-9)6-5-10(13)14/h1,4,7,9H,2-3,5-6H2,(H3,13,14). The Hall–Kier alpha value is -1.65. The summed E-state index contributed by atoms with van der Waals surface area (Å²) in [6, 6.07) is 3.57. The molecule has 0 amide bonds. The lowest BCUT2D eigenvalue weighted by molar-refractivity contribution is 0.620. The smallest absolute Gasteiger partial charge is 0.141 e. The van der Waals surface area contributed by atoms with Gasteiger partial charge < -0.3 is 10.6 Å². The number of aromatic nitrogens is 1. The zero-order valence-corrected chi connectivity index (χ0v) is 8.99. The molecule has 1 heterocycles. The van der Waals surface area contributed by atoms with Gasteiger partial charge in [-0.3, -0.25) is 5.41 Å². The molecule has 0 saturated heterocycles. The minimum absolute atomic E-state index is 0.174. The highest BCUT2D eigenvalue weighted by atomic mass is 19.1. The zero-order chi connectivity index (χ0) is 11.5. The van der Waals surface area contributed by atoms with Crippen molar-refractivity contribution in [1.29, 1.82) is 5.41 Å². The van der Waals surface area contributed by atoms with Gasteiger partial charge in [0.15, 0.2) is 0 Å². The van der Waals surface area contributed by atoms with E-state index in [0.717, 1.165) is 18.7 Å². The molecule has 0 spiro atoms. The van der Waals surface area contributed by atoms with E-state index in [9.17, 15) is 4.39 Å². The van der Waals surface area contributed by atoms with E-state index < -0.39 is 0 Å². The van der Waals surface area contributed by atoms with Crippen LogP contribution in [0.4, 0.5) is 10.2 Å². The van der Waals surface area contributed by atoms with Crippen LogP contribution in [0.25, 0.3) is 0 Å². The molecule has 0 atom stereocenters. The Morgan fingerprint density at radius 3 is 2.81 bits per heavy atom. The summed E-state index contributed by atoms with van der Waals surface area (Å²) >= 11 is 0. The van der Waals surface area contributed by atoms with Gasteiger partial charge in [-0.1, -0.05) is 0 Å². The maximum Gasteiger partial charge on any atom is 0.141 e. The molecule has 1 saturated carbocycles. The van der Waals surface area contributed by atoms with Gasteiger partial charge in [0.2, 0.25) is 0 Å². The monoisotopic (exact) mass is 222 g/mol. The number of halogens is 1. The molecular weight excluding hydrogens is 207 g/mol. The van der Waals surface area contributed by atoms with Gasteiger partial charge in [0, 0.05) is 19.0 Å². The average molecular weight is 222 g/mol. The normalized spacial score (nSPS) is 14.8. The van der Waals surface area contributed by atoms with Crippen LogP contribution in [0.5, 0.6) is 0 Å². The van der Waals surface area contributed by atoms with Crippen LogP contribution < -0.4 is 10.6 Å². The molecule has 3 N–H and O–H groups in total. The lowest BCUT2D eigenvalue weighted by Crippen LogP contribution is -2.30. The molecule has 86 valence electrons. The molecule has 1 aromatic rings. The van der Waals surface area contributed by atoms with Gasteiger partial charge in [-0.25, -0.2) is 9.37 Å². The molecule has 1 aromatic heterocycles. The number of hydrogen-bond acceptors (Lipinski definition) is 3. The van der Waals surface area contributed by atoms with Crippen molar-refractivity contribution in [2.75, 3.05) is 11.4 Å². The van der Waals surface area contributed by atoms with Gasteiger partial charge in [-0.05, 0) is 25.0 Å². The molecule has 0 aromatic carbocycles. The van der Waals surface area contributed by atoms with Crippen molar-refractivity contribution in [3.8, 4) is 0 Å². The minimum atomic E-state index is -0.328. The molecule has 5 heteroatoms. The fourth-order valence-electron chi connectivity index (χ4n) is 1.65. The third-order valence-electron chi connectivity index (χ3n) is 2.62. The lowest BCUT2D eigenvalue weighted by Gasteiger charge is -2.23. The second-order valence-corrected chi connectivity index (χ2v) is 4.03. The van der Waals surface area contributed by atoms with Crippen LogP contribution in [-0.4, -0.2) is 23.4 Å². The Bertz CT molecular complexity index is 372. The number of pyridine rings is 1. The summed E-state index contributed by atoms with van der Waals surface area (Å²) < 4.78 is 12.7. The number of rotatable bonds is 5. The maximum atomic E-state index is 12.7. The first-order valence-electron chi connectivity index (χ1n) is 5.38. The fourth-order valence-corrected chi connectivity index (χ4v) is 1.65. The number of nitrogens with two attached hydrogens (primary N) is 1.